The Labute approximate surface area is 121 Å². The lowest BCUT2D eigenvalue weighted by molar-refractivity contribution is 0.0883. The Morgan fingerprint density at radius 3 is 2.20 bits per heavy atom. The van der Waals surface area contributed by atoms with E-state index in [1.807, 2.05) is 30.9 Å². The molecule has 0 amide bonds. The number of nitrogens with one attached hydrogen (secondary N) is 1. The summed E-state index contributed by atoms with van der Waals surface area (Å²) in [6, 6.07) is 0. The highest BCUT2D eigenvalue weighted by molar-refractivity contribution is 5.44. The van der Waals surface area contributed by atoms with E-state index in [2.05, 4.69) is 27.2 Å². The third-order valence-corrected chi connectivity index (χ3v) is 2.51. The van der Waals surface area contributed by atoms with Gasteiger partial charge < -0.3 is 20.2 Å². The van der Waals surface area contributed by atoms with E-state index in [4.69, 9.17) is 0 Å². The Kier molecular flexibility index (Phi) is 5.50. The maximum atomic E-state index is 9.90. The molecule has 1 heterocycles. The average molecular weight is 282 g/mol. The largest absolute Gasteiger partial charge is 0.389 e. The molecule has 7 nitrogen and oxygen atoms in total. The molecule has 0 aliphatic rings. The van der Waals surface area contributed by atoms with Crippen molar-refractivity contribution in [1.82, 2.24) is 15.0 Å². The molecule has 1 aromatic rings. The summed E-state index contributed by atoms with van der Waals surface area (Å²) in [7, 11) is 5.63. The number of aromatic nitrogens is 3. The standard InChI is InChI=1S/C13H26N6O/c1-7-8-14-10-15-11(18(4)5)17-12(16-10)19(6)9-13(2,3)20/h20H,7-9H2,1-6H3,(H,14,15,16,17). The molecule has 0 aliphatic heterocycles. The average Bonchev–Trinajstić information content (AvgIpc) is 2.33. The van der Waals surface area contributed by atoms with Crippen LogP contribution < -0.4 is 15.1 Å². The second kappa shape index (κ2) is 6.69. The Bertz CT molecular complexity index is 429. The molecule has 0 fully saturated rings. The molecule has 0 bridgehead atoms. The van der Waals surface area contributed by atoms with Crippen LogP contribution in [0.15, 0.2) is 0 Å². The lowest BCUT2D eigenvalue weighted by Crippen LogP contribution is -2.37. The SMILES string of the molecule is CCCNc1nc(N(C)C)nc(N(C)CC(C)(C)O)n1. The van der Waals surface area contributed by atoms with Crippen LogP contribution in [0.5, 0.6) is 0 Å². The molecule has 1 rings (SSSR count). The first-order valence-electron chi connectivity index (χ1n) is 6.83. The lowest BCUT2D eigenvalue weighted by Gasteiger charge is -2.26. The summed E-state index contributed by atoms with van der Waals surface area (Å²) in [5.74, 6) is 1.70. The van der Waals surface area contributed by atoms with Crippen LogP contribution in [0.25, 0.3) is 0 Å². The minimum absolute atomic E-state index is 0.442. The van der Waals surface area contributed by atoms with Gasteiger partial charge in [0.15, 0.2) is 0 Å². The van der Waals surface area contributed by atoms with Gasteiger partial charge in [0.25, 0.3) is 0 Å². The highest BCUT2D eigenvalue weighted by Crippen LogP contribution is 2.16. The topological polar surface area (TPSA) is 77.4 Å². The summed E-state index contributed by atoms with van der Waals surface area (Å²) in [5, 5.41) is 13.1. The molecule has 2 N–H and O–H groups in total. The van der Waals surface area contributed by atoms with Gasteiger partial charge in [-0.25, -0.2) is 0 Å². The van der Waals surface area contributed by atoms with Crippen molar-refractivity contribution >= 4 is 17.8 Å². The smallest absolute Gasteiger partial charge is 0.231 e. The number of nitrogens with zero attached hydrogens (tertiary/aromatic N) is 5. The van der Waals surface area contributed by atoms with Crippen molar-refractivity contribution in [2.24, 2.45) is 0 Å². The van der Waals surface area contributed by atoms with Crippen LogP contribution in [0.3, 0.4) is 0 Å². The summed E-state index contributed by atoms with van der Waals surface area (Å²) in [6.07, 6.45) is 0.998. The predicted molar refractivity (Wildman–Crippen MR) is 82.5 cm³/mol. The molecular formula is C13H26N6O. The molecule has 0 unspecified atom stereocenters. The third-order valence-electron chi connectivity index (χ3n) is 2.51. The molecule has 20 heavy (non-hydrogen) atoms. The summed E-state index contributed by atoms with van der Waals surface area (Å²) < 4.78 is 0. The number of anilines is 3. The maximum Gasteiger partial charge on any atom is 0.231 e. The van der Waals surface area contributed by atoms with E-state index >= 15 is 0 Å². The Morgan fingerprint density at radius 1 is 1.10 bits per heavy atom. The number of rotatable bonds is 7. The van der Waals surface area contributed by atoms with E-state index in [1.54, 1.807) is 13.8 Å². The van der Waals surface area contributed by atoms with Gasteiger partial charge >= 0.3 is 0 Å². The first-order chi connectivity index (χ1) is 9.23. The molecule has 7 heteroatoms. The van der Waals surface area contributed by atoms with Gasteiger partial charge in [0, 0.05) is 34.2 Å². The number of hydrogen-bond donors (Lipinski definition) is 2. The zero-order valence-electron chi connectivity index (χ0n) is 13.3. The zero-order valence-corrected chi connectivity index (χ0v) is 13.3. The summed E-state index contributed by atoms with van der Waals surface area (Å²) >= 11 is 0. The van der Waals surface area contributed by atoms with Crippen molar-refractivity contribution < 1.29 is 5.11 Å². The first-order valence-corrected chi connectivity index (χ1v) is 6.83. The van der Waals surface area contributed by atoms with Crippen LogP contribution in [-0.4, -0.2) is 59.9 Å². The molecule has 0 aliphatic carbocycles. The van der Waals surface area contributed by atoms with E-state index in [0.29, 0.717) is 24.4 Å². The predicted octanol–water partition coefficient (Wildman–Crippen LogP) is 0.967. The van der Waals surface area contributed by atoms with Crippen LogP contribution >= 0.6 is 0 Å². The van der Waals surface area contributed by atoms with Crippen LogP contribution in [0.4, 0.5) is 17.8 Å². The number of likely N-dealkylation sites (N-methyl/N-ethyl adjacent to an activating group) is 1. The molecule has 0 spiro atoms. The fourth-order valence-electron chi connectivity index (χ4n) is 1.69. The van der Waals surface area contributed by atoms with Crippen molar-refractivity contribution in [3.63, 3.8) is 0 Å². The van der Waals surface area contributed by atoms with E-state index in [1.165, 1.54) is 0 Å². The van der Waals surface area contributed by atoms with Crippen LogP contribution in [-0.2, 0) is 0 Å². The third kappa shape index (κ3) is 5.16. The van der Waals surface area contributed by atoms with Crippen molar-refractivity contribution in [2.45, 2.75) is 32.8 Å². The minimum Gasteiger partial charge on any atom is -0.389 e. The highest BCUT2D eigenvalue weighted by atomic mass is 16.3. The van der Waals surface area contributed by atoms with Crippen LogP contribution in [0.1, 0.15) is 27.2 Å². The molecular weight excluding hydrogens is 256 g/mol. The normalized spacial score (nSPS) is 11.3. The van der Waals surface area contributed by atoms with Crippen LogP contribution in [0, 0.1) is 0 Å². The zero-order chi connectivity index (χ0) is 15.3. The van der Waals surface area contributed by atoms with E-state index < -0.39 is 5.60 Å². The monoisotopic (exact) mass is 282 g/mol. The van der Waals surface area contributed by atoms with Gasteiger partial charge in [0.1, 0.15) is 0 Å². The van der Waals surface area contributed by atoms with Crippen molar-refractivity contribution in [2.75, 3.05) is 49.3 Å². The second-order valence-corrected chi connectivity index (χ2v) is 5.75. The Balaban J connectivity index is 3.01. The van der Waals surface area contributed by atoms with Gasteiger partial charge in [-0.1, -0.05) is 6.92 Å². The van der Waals surface area contributed by atoms with Gasteiger partial charge in [-0.15, -0.1) is 0 Å². The van der Waals surface area contributed by atoms with Crippen LogP contribution in [0.2, 0.25) is 0 Å². The highest BCUT2D eigenvalue weighted by Gasteiger charge is 2.19. The van der Waals surface area contributed by atoms with Gasteiger partial charge in [-0.2, -0.15) is 15.0 Å². The Hall–Kier alpha value is -1.63. The first kappa shape index (κ1) is 16.4. The molecule has 114 valence electrons. The van der Waals surface area contributed by atoms with Gasteiger partial charge in [-0.05, 0) is 20.3 Å². The van der Waals surface area contributed by atoms with Gasteiger partial charge in [0.05, 0.1) is 5.60 Å². The van der Waals surface area contributed by atoms with Crippen molar-refractivity contribution in [1.29, 1.82) is 0 Å². The minimum atomic E-state index is -0.809. The van der Waals surface area contributed by atoms with Crippen molar-refractivity contribution in [3.05, 3.63) is 0 Å². The molecule has 0 saturated heterocycles. The maximum absolute atomic E-state index is 9.90. The fourth-order valence-corrected chi connectivity index (χ4v) is 1.69. The van der Waals surface area contributed by atoms with E-state index in [-0.39, 0.29) is 0 Å². The van der Waals surface area contributed by atoms with Gasteiger partial charge in [0.2, 0.25) is 17.8 Å². The van der Waals surface area contributed by atoms with E-state index in [9.17, 15) is 5.11 Å². The summed E-state index contributed by atoms with van der Waals surface area (Å²) in [5.41, 5.74) is -0.809. The molecule has 1 aromatic heterocycles. The summed E-state index contributed by atoms with van der Waals surface area (Å²) in [4.78, 5) is 16.8. The number of aliphatic hydroxyl groups is 1. The second-order valence-electron chi connectivity index (χ2n) is 5.75. The summed E-state index contributed by atoms with van der Waals surface area (Å²) in [6.45, 7) is 6.85. The molecule has 0 radical (unpaired) electrons. The molecule has 0 aromatic carbocycles. The van der Waals surface area contributed by atoms with Crippen molar-refractivity contribution in [3.8, 4) is 0 Å². The Morgan fingerprint density at radius 2 is 1.70 bits per heavy atom. The lowest BCUT2D eigenvalue weighted by atomic mass is 10.1. The molecule has 0 saturated carbocycles. The number of hydrogen-bond acceptors (Lipinski definition) is 7. The quantitative estimate of drug-likeness (QED) is 0.771. The molecule has 0 atom stereocenters. The fraction of sp³-hybridized carbons (Fsp3) is 0.769. The van der Waals surface area contributed by atoms with E-state index in [0.717, 1.165) is 13.0 Å². The van der Waals surface area contributed by atoms with Gasteiger partial charge in [-0.3, -0.25) is 0 Å².